The molecular weight excluding hydrogens is 518 g/mol. The number of hydrogen-bond acceptors (Lipinski definition) is 5. The third kappa shape index (κ3) is 12.7. The molecule has 0 saturated heterocycles. The van der Waals surface area contributed by atoms with Crippen molar-refractivity contribution in [3.8, 4) is 5.75 Å². The van der Waals surface area contributed by atoms with Crippen LogP contribution in [0.25, 0.3) is 0 Å². The van der Waals surface area contributed by atoms with Gasteiger partial charge < -0.3 is 25.4 Å². The molecule has 0 aliphatic heterocycles. The van der Waals surface area contributed by atoms with E-state index in [1.54, 1.807) is 49.9 Å². The van der Waals surface area contributed by atoms with Crippen molar-refractivity contribution in [2.45, 2.75) is 142 Å². The van der Waals surface area contributed by atoms with Crippen LogP contribution in [-0.4, -0.2) is 52.1 Å². The molecule has 8 heteroatoms. The van der Waals surface area contributed by atoms with Crippen molar-refractivity contribution in [2.75, 3.05) is 6.54 Å². The van der Waals surface area contributed by atoms with E-state index in [2.05, 4.69) is 17.6 Å². The molecule has 41 heavy (non-hydrogen) atoms. The number of rotatable bonds is 15. The summed E-state index contributed by atoms with van der Waals surface area (Å²) in [7, 11) is 0. The first kappa shape index (κ1) is 34.4. The number of carbonyl (C=O) groups is 3. The lowest BCUT2D eigenvalue weighted by Crippen LogP contribution is -2.54. The van der Waals surface area contributed by atoms with Crippen molar-refractivity contribution < 1.29 is 24.2 Å². The molecule has 1 aliphatic rings. The maximum atomic E-state index is 14.4. The number of nitrogens with one attached hydrogen (secondary N) is 2. The maximum Gasteiger partial charge on any atom is 0.408 e. The third-order valence-electron chi connectivity index (χ3n) is 7.43. The Labute approximate surface area is 248 Å². The maximum absolute atomic E-state index is 14.4. The standard InChI is InChI=1S/C33H55N3O5/c1-7-8-9-10-11-15-21-36(31(39)28(22-24(2)3)35-32(40)41-33(4,5)6)29(25-17-16-20-27(37)23-25)30(38)34-26-18-13-12-14-19-26/h16-17,20,23-24,26,28-29,37H,7-15,18-19,21-22H2,1-6H3,(H,34,38)(H,35,40). The quantitative estimate of drug-likeness (QED) is 0.196. The predicted molar refractivity (Wildman–Crippen MR) is 164 cm³/mol. The second-order valence-corrected chi connectivity index (χ2v) is 13.0. The predicted octanol–water partition coefficient (Wildman–Crippen LogP) is 7.01. The summed E-state index contributed by atoms with van der Waals surface area (Å²) in [6.07, 6.45) is 11.1. The molecule has 1 saturated carbocycles. The SMILES string of the molecule is CCCCCCCCN(C(=O)C(CC(C)C)NC(=O)OC(C)(C)C)C(C(=O)NC1CCCCC1)c1cccc(O)c1. The molecule has 1 aromatic carbocycles. The van der Waals surface area contributed by atoms with Crippen LogP contribution >= 0.6 is 0 Å². The van der Waals surface area contributed by atoms with Crippen LogP contribution < -0.4 is 10.6 Å². The molecule has 0 aromatic heterocycles. The Morgan fingerprint density at radius 3 is 2.29 bits per heavy atom. The molecule has 8 nitrogen and oxygen atoms in total. The lowest BCUT2D eigenvalue weighted by Gasteiger charge is -2.36. The minimum absolute atomic E-state index is 0.0375. The van der Waals surface area contributed by atoms with Crippen molar-refractivity contribution in [1.29, 1.82) is 0 Å². The first-order valence-corrected chi connectivity index (χ1v) is 15.8. The van der Waals surface area contributed by atoms with Gasteiger partial charge in [0, 0.05) is 12.6 Å². The molecule has 2 unspecified atom stereocenters. The first-order valence-electron chi connectivity index (χ1n) is 15.8. The zero-order chi connectivity index (χ0) is 30.4. The van der Waals surface area contributed by atoms with Crippen LogP contribution in [0.2, 0.25) is 0 Å². The molecule has 0 bridgehead atoms. The van der Waals surface area contributed by atoms with Gasteiger partial charge in [-0.2, -0.15) is 0 Å². The second kappa shape index (κ2) is 17.2. The van der Waals surface area contributed by atoms with Gasteiger partial charge >= 0.3 is 6.09 Å². The van der Waals surface area contributed by atoms with E-state index in [-0.39, 0.29) is 29.5 Å². The molecule has 232 valence electrons. The zero-order valence-corrected chi connectivity index (χ0v) is 26.3. The van der Waals surface area contributed by atoms with Crippen molar-refractivity contribution in [3.05, 3.63) is 29.8 Å². The number of hydrogen-bond donors (Lipinski definition) is 3. The molecule has 1 aromatic rings. The van der Waals surface area contributed by atoms with Gasteiger partial charge in [-0.1, -0.05) is 84.3 Å². The van der Waals surface area contributed by atoms with Crippen molar-refractivity contribution >= 4 is 17.9 Å². The van der Waals surface area contributed by atoms with Crippen LogP contribution in [0.5, 0.6) is 5.75 Å². The summed E-state index contributed by atoms with van der Waals surface area (Å²) in [6.45, 7) is 11.9. The fourth-order valence-electron chi connectivity index (χ4n) is 5.47. The van der Waals surface area contributed by atoms with Gasteiger partial charge in [-0.05, 0) is 70.1 Å². The van der Waals surface area contributed by atoms with Crippen LogP contribution in [0.4, 0.5) is 4.79 Å². The number of phenols is 1. The first-order chi connectivity index (χ1) is 19.4. The number of benzene rings is 1. The van der Waals surface area contributed by atoms with E-state index < -0.39 is 23.8 Å². The highest BCUT2D eigenvalue weighted by Gasteiger charge is 2.37. The summed E-state index contributed by atoms with van der Waals surface area (Å²) in [6, 6.07) is 4.88. The summed E-state index contributed by atoms with van der Waals surface area (Å²) >= 11 is 0. The summed E-state index contributed by atoms with van der Waals surface area (Å²) < 4.78 is 5.49. The summed E-state index contributed by atoms with van der Waals surface area (Å²) in [5.74, 6) is -0.409. The number of carbonyl (C=O) groups excluding carboxylic acids is 3. The van der Waals surface area contributed by atoms with E-state index >= 15 is 0 Å². The Balaban J connectivity index is 2.43. The summed E-state index contributed by atoms with van der Waals surface area (Å²) in [5, 5.41) is 16.4. The lowest BCUT2D eigenvalue weighted by molar-refractivity contribution is -0.143. The average Bonchev–Trinajstić information content (AvgIpc) is 2.88. The highest BCUT2D eigenvalue weighted by molar-refractivity contribution is 5.92. The monoisotopic (exact) mass is 573 g/mol. The van der Waals surface area contributed by atoms with E-state index in [0.717, 1.165) is 64.2 Å². The number of nitrogens with zero attached hydrogens (tertiary/aromatic N) is 1. The third-order valence-corrected chi connectivity index (χ3v) is 7.43. The van der Waals surface area contributed by atoms with E-state index in [1.807, 2.05) is 13.8 Å². The Bertz CT molecular complexity index is 952. The number of unbranched alkanes of at least 4 members (excludes halogenated alkanes) is 5. The topological polar surface area (TPSA) is 108 Å². The van der Waals surface area contributed by atoms with E-state index in [9.17, 15) is 19.5 Å². The highest BCUT2D eigenvalue weighted by atomic mass is 16.6. The summed E-state index contributed by atoms with van der Waals surface area (Å²) in [5.41, 5.74) is -0.157. The molecule has 0 radical (unpaired) electrons. The average molecular weight is 574 g/mol. The van der Waals surface area contributed by atoms with Crippen LogP contribution in [-0.2, 0) is 14.3 Å². The van der Waals surface area contributed by atoms with E-state index in [1.165, 1.54) is 6.42 Å². The van der Waals surface area contributed by atoms with Crippen LogP contribution in [0.15, 0.2) is 24.3 Å². The van der Waals surface area contributed by atoms with Crippen LogP contribution in [0.1, 0.15) is 130 Å². The Kier molecular flexibility index (Phi) is 14.5. The van der Waals surface area contributed by atoms with E-state index in [4.69, 9.17) is 4.74 Å². The lowest BCUT2D eigenvalue weighted by atomic mass is 9.94. The molecule has 3 N–H and O–H groups in total. The minimum atomic E-state index is -0.928. The smallest absolute Gasteiger partial charge is 0.408 e. The fraction of sp³-hybridized carbons (Fsp3) is 0.727. The molecular formula is C33H55N3O5. The number of amides is 3. The van der Waals surface area contributed by atoms with Gasteiger partial charge in [-0.25, -0.2) is 4.79 Å². The van der Waals surface area contributed by atoms with Crippen molar-refractivity contribution in [3.63, 3.8) is 0 Å². The number of ether oxygens (including phenoxy) is 1. The molecule has 0 heterocycles. The van der Waals surface area contributed by atoms with Crippen molar-refractivity contribution in [1.82, 2.24) is 15.5 Å². The number of phenolic OH excluding ortho intramolecular Hbond substituents is 1. The zero-order valence-electron chi connectivity index (χ0n) is 26.3. The Morgan fingerprint density at radius 1 is 1.02 bits per heavy atom. The van der Waals surface area contributed by atoms with Crippen LogP contribution in [0, 0.1) is 5.92 Å². The normalized spacial score (nSPS) is 15.7. The highest BCUT2D eigenvalue weighted by Crippen LogP contribution is 2.28. The largest absolute Gasteiger partial charge is 0.508 e. The minimum Gasteiger partial charge on any atom is -0.508 e. The Morgan fingerprint density at radius 2 is 1.68 bits per heavy atom. The van der Waals surface area contributed by atoms with Gasteiger partial charge in [-0.3, -0.25) is 9.59 Å². The summed E-state index contributed by atoms with van der Waals surface area (Å²) in [4.78, 5) is 42.8. The second-order valence-electron chi connectivity index (χ2n) is 13.0. The fourth-order valence-corrected chi connectivity index (χ4v) is 5.47. The molecule has 2 atom stereocenters. The number of alkyl carbamates (subject to hydrolysis) is 1. The van der Waals surface area contributed by atoms with Gasteiger partial charge in [0.2, 0.25) is 11.8 Å². The molecule has 1 aliphatic carbocycles. The Hall–Kier alpha value is -2.77. The van der Waals surface area contributed by atoms with Gasteiger partial charge in [0.25, 0.3) is 0 Å². The molecule has 1 fully saturated rings. The van der Waals surface area contributed by atoms with Crippen LogP contribution in [0.3, 0.4) is 0 Å². The van der Waals surface area contributed by atoms with Crippen molar-refractivity contribution in [2.24, 2.45) is 5.92 Å². The van der Waals surface area contributed by atoms with Gasteiger partial charge in [0.15, 0.2) is 0 Å². The van der Waals surface area contributed by atoms with E-state index in [0.29, 0.717) is 18.5 Å². The number of aromatic hydroxyl groups is 1. The van der Waals surface area contributed by atoms with Gasteiger partial charge in [-0.15, -0.1) is 0 Å². The molecule has 0 spiro atoms. The van der Waals surface area contributed by atoms with Gasteiger partial charge in [0.1, 0.15) is 23.4 Å². The molecule has 2 rings (SSSR count). The van der Waals surface area contributed by atoms with Gasteiger partial charge in [0.05, 0.1) is 0 Å². The molecule has 3 amide bonds.